The molecule has 1 aromatic heterocycles. The van der Waals surface area contributed by atoms with Gasteiger partial charge in [-0.05, 0) is 43.2 Å². The lowest BCUT2D eigenvalue weighted by Gasteiger charge is -2.10. The summed E-state index contributed by atoms with van der Waals surface area (Å²) in [5.74, 6) is 0.735. The number of hydrogen-bond donors (Lipinski definition) is 1. The minimum Gasteiger partial charge on any atom is -0.493 e. The van der Waals surface area contributed by atoms with E-state index in [9.17, 15) is 9.59 Å². The van der Waals surface area contributed by atoms with Crippen molar-refractivity contribution in [3.8, 4) is 11.5 Å². The first kappa shape index (κ1) is 21.0. The van der Waals surface area contributed by atoms with Gasteiger partial charge >= 0.3 is 0 Å². The molecule has 30 heavy (non-hydrogen) atoms. The highest BCUT2D eigenvalue weighted by atomic mass is 16.5. The van der Waals surface area contributed by atoms with Crippen LogP contribution in [0.5, 0.6) is 11.5 Å². The molecule has 2 aromatic carbocycles. The number of hydrogen-bond acceptors (Lipinski definition) is 6. The fourth-order valence-corrected chi connectivity index (χ4v) is 2.93. The van der Waals surface area contributed by atoms with Crippen LogP contribution in [0, 0.1) is 0 Å². The van der Waals surface area contributed by atoms with Crippen LogP contribution in [-0.2, 0) is 6.54 Å². The van der Waals surface area contributed by atoms with E-state index >= 15 is 0 Å². The number of nitrogens with zero attached hydrogens (tertiary/aromatic N) is 3. The summed E-state index contributed by atoms with van der Waals surface area (Å²) in [6.07, 6.45) is 2.40. The summed E-state index contributed by atoms with van der Waals surface area (Å²) in [4.78, 5) is 25.1. The smallest absolute Gasteiger partial charge is 0.292 e. The summed E-state index contributed by atoms with van der Waals surface area (Å²) in [5, 5.41) is 9.14. The highest BCUT2D eigenvalue weighted by Gasteiger charge is 2.15. The molecule has 0 aliphatic carbocycles. The molecule has 0 unspecified atom stereocenters. The van der Waals surface area contributed by atoms with Crippen LogP contribution in [-0.4, -0.2) is 35.6 Å². The monoisotopic (exact) mass is 408 g/mol. The number of aromatic nitrogens is 2. The largest absolute Gasteiger partial charge is 0.493 e. The average Bonchev–Trinajstić information content (AvgIpc) is 2.78. The van der Waals surface area contributed by atoms with E-state index in [4.69, 9.17) is 9.47 Å². The van der Waals surface area contributed by atoms with Crippen LogP contribution in [0.25, 0.3) is 10.8 Å². The first-order chi connectivity index (χ1) is 14.6. The van der Waals surface area contributed by atoms with Crippen LogP contribution in [0.1, 0.15) is 36.3 Å². The molecule has 0 bridgehead atoms. The van der Waals surface area contributed by atoms with Gasteiger partial charge in [0.25, 0.3) is 11.5 Å². The molecule has 8 heteroatoms. The lowest BCUT2D eigenvalue weighted by molar-refractivity contribution is 0.0949. The summed E-state index contributed by atoms with van der Waals surface area (Å²) in [6, 6.07) is 12.3. The SMILES string of the molecule is CCCOc1ccc(/C=N/NC(=O)c2nn(CC)c(=O)c3ccccc23)cc1OC. The third-order valence-electron chi connectivity index (χ3n) is 4.41. The number of benzene rings is 2. The van der Waals surface area contributed by atoms with Gasteiger partial charge in [-0.15, -0.1) is 0 Å². The quantitative estimate of drug-likeness (QED) is 0.457. The van der Waals surface area contributed by atoms with Gasteiger partial charge < -0.3 is 9.47 Å². The minimum absolute atomic E-state index is 0.144. The molecule has 1 heterocycles. The molecule has 8 nitrogen and oxygen atoms in total. The molecular weight excluding hydrogens is 384 g/mol. The van der Waals surface area contributed by atoms with E-state index in [0.717, 1.165) is 12.0 Å². The standard InChI is InChI=1S/C22H24N4O4/c1-4-12-30-18-11-10-15(13-19(18)29-3)14-23-24-21(27)20-16-8-6-7-9-17(16)22(28)26(5-2)25-20/h6-11,13-14H,4-5,12H2,1-3H3,(H,24,27)/b23-14+. The normalized spacial score (nSPS) is 11.0. The van der Waals surface area contributed by atoms with Gasteiger partial charge in [-0.2, -0.15) is 10.2 Å². The Morgan fingerprint density at radius 3 is 2.63 bits per heavy atom. The van der Waals surface area contributed by atoms with Crippen molar-refractivity contribution in [1.29, 1.82) is 0 Å². The number of methoxy groups -OCH3 is 1. The molecule has 0 aliphatic heterocycles. The van der Waals surface area contributed by atoms with Gasteiger partial charge in [0.05, 0.1) is 25.3 Å². The van der Waals surface area contributed by atoms with E-state index in [2.05, 4.69) is 15.6 Å². The fourth-order valence-electron chi connectivity index (χ4n) is 2.93. The van der Waals surface area contributed by atoms with Gasteiger partial charge in [0, 0.05) is 11.9 Å². The predicted octanol–water partition coefficient (Wildman–Crippen LogP) is 2.98. The van der Waals surface area contributed by atoms with Crippen LogP contribution in [0.4, 0.5) is 0 Å². The molecule has 0 saturated heterocycles. The molecule has 3 aromatic rings. The van der Waals surface area contributed by atoms with Crippen molar-refractivity contribution in [3.05, 3.63) is 64.1 Å². The Kier molecular flexibility index (Phi) is 6.79. The number of carbonyl (C=O) groups is 1. The predicted molar refractivity (Wildman–Crippen MR) is 116 cm³/mol. The number of nitrogens with one attached hydrogen (secondary N) is 1. The lowest BCUT2D eigenvalue weighted by Crippen LogP contribution is -2.28. The number of carbonyl (C=O) groups excluding carboxylic acids is 1. The molecule has 0 spiro atoms. The first-order valence-electron chi connectivity index (χ1n) is 9.73. The highest BCUT2D eigenvalue weighted by Crippen LogP contribution is 2.27. The van der Waals surface area contributed by atoms with Crippen molar-refractivity contribution in [2.24, 2.45) is 5.10 Å². The lowest BCUT2D eigenvalue weighted by atomic mass is 10.1. The van der Waals surface area contributed by atoms with Crippen molar-refractivity contribution in [3.63, 3.8) is 0 Å². The molecule has 0 fully saturated rings. The van der Waals surface area contributed by atoms with E-state index < -0.39 is 5.91 Å². The van der Waals surface area contributed by atoms with Crippen LogP contribution in [0.15, 0.2) is 52.4 Å². The molecule has 1 amide bonds. The molecule has 0 radical (unpaired) electrons. The van der Waals surface area contributed by atoms with Gasteiger partial charge in [0.1, 0.15) is 0 Å². The van der Waals surface area contributed by atoms with Crippen LogP contribution < -0.4 is 20.5 Å². The number of ether oxygens (including phenoxy) is 2. The summed E-state index contributed by atoms with van der Waals surface area (Å²) in [7, 11) is 1.57. The average molecular weight is 408 g/mol. The second-order valence-electron chi connectivity index (χ2n) is 6.47. The molecular formula is C22H24N4O4. The van der Waals surface area contributed by atoms with Crippen LogP contribution in [0.2, 0.25) is 0 Å². The Labute approximate surface area is 174 Å². The summed E-state index contributed by atoms with van der Waals surface area (Å²) >= 11 is 0. The fraction of sp³-hybridized carbons (Fsp3) is 0.273. The summed E-state index contributed by atoms with van der Waals surface area (Å²) in [6.45, 7) is 4.78. The van der Waals surface area contributed by atoms with Crippen LogP contribution in [0.3, 0.4) is 0 Å². The Bertz CT molecular complexity index is 1140. The van der Waals surface area contributed by atoms with E-state index in [1.807, 2.05) is 13.0 Å². The summed E-state index contributed by atoms with van der Waals surface area (Å²) in [5.41, 5.74) is 3.12. The number of hydrazone groups is 1. The number of aryl methyl sites for hydroxylation is 1. The Balaban J connectivity index is 1.81. The maximum absolute atomic E-state index is 12.7. The van der Waals surface area contributed by atoms with Crippen molar-refractivity contribution in [2.75, 3.05) is 13.7 Å². The Morgan fingerprint density at radius 1 is 1.17 bits per heavy atom. The van der Waals surface area contributed by atoms with Gasteiger partial charge in [0.15, 0.2) is 17.2 Å². The highest BCUT2D eigenvalue weighted by molar-refractivity contribution is 6.04. The molecule has 0 saturated carbocycles. The second-order valence-corrected chi connectivity index (χ2v) is 6.47. The topological polar surface area (TPSA) is 94.8 Å². The molecule has 1 N–H and O–H groups in total. The third-order valence-corrected chi connectivity index (χ3v) is 4.41. The second kappa shape index (κ2) is 9.69. The molecule has 0 aliphatic rings. The van der Waals surface area contributed by atoms with E-state index in [-0.39, 0.29) is 11.3 Å². The third kappa shape index (κ3) is 4.48. The van der Waals surface area contributed by atoms with Gasteiger partial charge in [-0.3, -0.25) is 9.59 Å². The number of fused-ring (bicyclic) bond motifs is 1. The molecule has 0 atom stereocenters. The minimum atomic E-state index is -0.500. The van der Waals surface area contributed by atoms with E-state index in [1.165, 1.54) is 10.9 Å². The van der Waals surface area contributed by atoms with Gasteiger partial charge in [0.2, 0.25) is 0 Å². The maximum Gasteiger partial charge on any atom is 0.292 e. The van der Waals surface area contributed by atoms with Crippen molar-refractivity contribution in [2.45, 2.75) is 26.8 Å². The van der Waals surface area contributed by atoms with Crippen molar-refractivity contribution < 1.29 is 14.3 Å². The molecule has 156 valence electrons. The van der Waals surface area contributed by atoms with Gasteiger partial charge in [-0.25, -0.2) is 10.1 Å². The van der Waals surface area contributed by atoms with Crippen molar-refractivity contribution >= 4 is 22.9 Å². The van der Waals surface area contributed by atoms with Crippen LogP contribution >= 0.6 is 0 Å². The zero-order valence-electron chi connectivity index (χ0n) is 17.2. The van der Waals surface area contributed by atoms with Crippen molar-refractivity contribution in [1.82, 2.24) is 15.2 Å². The van der Waals surface area contributed by atoms with Gasteiger partial charge in [-0.1, -0.05) is 25.1 Å². The van der Waals surface area contributed by atoms with E-state index in [0.29, 0.717) is 35.4 Å². The number of rotatable bonds is 8. The number of amides is 1. The molecule has 3 rings (SSSR count). The Morgan fingerprint density at radius 2 is 1.93 bits per heavy atom. The first-order valence-corrected chi connectivity index (χ1v) is 9.73. The zero-order valence-corrected chi connectivity index (χ0v) is 17.2. The Hall–Kier alpha value is -3.68. The maximum atomic E-state index is 12.7. The van der Waals surface area contributed by atoms with E-state index in [1.54, 1.807) is 50.4 Å². The zero-order chi connectivity index (χ0) is 21.5. The summed E-state index contributed by atoms with van der Waals surface area (Å²) < 4.78 is 12.2.